The zero-order valence-electron chi connectivity index (χ0n) is 16.7. The van der Waals surface area contributed by atoms with E-state index in [1.807, 2.05) is 41.3 Å². The van der Waals surface area contributed by atoms with E-state index in [0.29, 0.717) is 6.61 Å². The van der Waals surface area contributed by atoms with Gasteiger partial charge in [0.1, 0.15) is 6.61 Å². The summed E-state index contributed by atoms with van der Waals surface area (Å²) in [6.45, 7) is 6.73. The number of ether oxygens (including phenoxy) is 1. The van der Waals surface area contributed by atoms with Crippen LogP contribution < -0.4 is 9.80 Å². The van der Waals surface area contributed by atoms with Crippen molar-refractivity contribution in [2.45, 2.75) is 19.4 Å². The van der Waals surface area contributed by atoms with Gasteiger partial charge in [-0.1, -0.05) is 29.8 Å². The van der Waals surface area contributed by atoms with E-state index in [2.05, 4.69) is 21.9 Å². The second-order valence-electron chi connectivity index (χ2n) is 7.68. The van der Waals surface area contributed by atoms with Gasteiger partial charge < -0.3 is 14.5 Å². The van der Waals surface area contributed by atoms with Crippen molar-refractivity contribution >= 4 is 28.9 Å². The summed E-state index contributed by atoms with van der Waals surface area (Å²) in [5.74, 6) is 0.0616. The van der Waals surface area contributed by atoms with Crippen LogP contribution in [0.3, 0.4) is 0 Å². The number of hydrogen-bond acceptors (Lipinski definition) is 4. The molecule has 0 atom stereocenters. The number of fused-ring (bicyclic) bond motifs is 1. The number of benzene rings is 2. The molecular weight excluding hydrogens is 386 g/mol. The molecule has 2 aliphatic rings. The summed E-state index contributed by atoms with van der Waals surface area (Å²) in [6.07, 6.45) is 2.09. The number of halogens is 1. The van der Waals surface area contributed by atoms with Gasteiger partial charge in [-0.15, -0.1) is 0 Å². The number of piperazine rings is 1. The van der Waals surface area contributed by atoms with Crippen LogP contribution >= 0.6 is 11.6 Å². The molecule has 2 aliphatic heterocycles. The minimum absolute atomic E-state index is 0.0616. The molecule has 6 heteroatoms. The summed E-state index contributed by atoms with van der Waals surface area (Å²) >= 11 is 5.99. The van der Waals surface area contributed by atoms with Gasteiger partial charge >= 0.3 is 0 Å². The standard InChI is InChI=1S/C23H28ClN3O2/c24-20-7-9-21(10-8-20)26-15-13-25(14-16-26)11-3-4-12-27-22-6-2-1-5-19(22)17-29-18-23(27)28/h1-2,5-10H,3-4,11-18H2. The number of amides is 1. The monoisotopic (exact) mass is 413 g/mol. The normalized spacial score (nSPS) is 17.9. The average molecular weight is 414 g/mol. The van der Waals surface area contributed by atoms with Gasteiger partial charge in [-0.3, -0.25) is 9.69 Å². The fourth-order valence-corrected chi connectivity index (χ4v) is 4.21. The van der Waals surface area contributed by atoms with Gasteiger partial charge in [-0.05, 0) is 49.7 Å². The predicted molar refractivity (Wildman–Crippen MR) is 118 cm³/mol. The zero-order valence-corrected chi connectivity index (χ0v) is 17.5. The molecule has 2 heterocycles. The molecule has 2 aromatic rings. The molecule has 0 unspecified atom stereocenters. The first-order valence-electron chi connectivity index (χ1n) is 10.4. The Hall–Kier alpha value is -2.08. The molecule has 29 heavy (non-hydrogen) atoms. The van der Waals surface area contributed by atoms with Crippen molar-refractivity contribution in [3.05, 3.63) is 59.1 Å². The first-order valence-corrected chi connectivity index (χ1v) is 10.8. The Morgan fingerprint density at radius 3 is 2.38 bits per heavy atom. The largest absolute Gasteiger partial charge is 0.369 e. The molecular formula is C23H28ClN3O2. The lowest BCUT2D eigenvalue weighted by atomic mass is 10.1. The molecule has 1 amide bonds. The highest BCUT2D eigenvalue weighted by atomic mass is 35.5. The van der Waals surface area contributed by atoms with Crippen molar-refractivity contribution in [2.24, 2.45) is 0 Å². The molecule has 0 spiro atoms. The number of carbonyl (C=O) groups is 1. The molecule has 154 valence electrons. The summed E-state index contributed by atoms with van der Waals surface area (Å²) in [6, 6.07) is 16.2. The average Bonchev–Trinajstić information content (AvgIpc) is 2.91. The second-order valence-corrected chi connectivity index (χ2v) is 8.12. The van der Waals surface area contributed by atoms with Gasteiger partial charge in [0, 0.05) is 54.7 Å². The number of carbonyl (C=O) groups excluding carboxylic acids is 1. The van der Waals surface area contributed by atoms with Gasteiger partial charge in [0.15, 0.2) is 0 Å². The Balaban J connectivity index is 1.22. The molecule has 0 N–H and O–H groups in total. The summed E-state index contributed by atoms with van der Waals surface area (Å²) in [5.41, 5.74) is 3.35. The van der Waals surface area contributed by atoms with Crippen molar-refractivity contribution in [1.29, 1.82) is 0 Å². The molecule has 1 fully saturated rings. The molecule has 0 saturated carbocycles. The zero-order chi connectivity index (χ0) is 20.1. The Morgan fingerprint density at radius 2 is 1.59 bits per heavy atom. The Morgan fingerprint density at radius 1 is 0.862 bits per heavy atom. The molecule has 2 aromatic carbocycles. The van der Waals surface area contributed by atoms with Crippen LogP contribution in [0.5, 0.6) is 0 Å². The van der Waals surface area contributed by atoms with E-state index in [0.717, 1.165) is 68.4 Å². The lowest BCUT2D eigenvalue weighted by Crippen LogP contribution is -2.46. The first kappa shape index (κ1) is 20.2. The van der Waals surface area contributed by atoms with Crippen LogP contribution in [0, 0.1) is 0 Å². The number of hydrogen-bond donors (Lipinski definition) is 0. The van der Waals surface area contributed by atoms with Crippen molar-refractivity contribution in [1.82, 2.24) is 4.90 Å². The van der Waals surface area contributed by atoms with Crippen LogP contribution in [0.15, 0.2) is 48.5 Å². The van der Waals surface area contributed by atoms with E-state index >= 15 is 0 Å². The van der Waals surface area contributed by atoms with Crippen LogP contribution in [-0.2, 0) is 16.1 Å². The lowest BCUT2D eigenvalue weighted by Gasteiger charge is -2.36. The fraction of sp³-hybridized carbons (Fsp3) is 0.435. The minimum Gasteiger partial charge on any atom is -0.369 e. The van der Waals surface area contributed by atoms with Gasteiger partial charge in [-0.2, -0.15) is 0 Å². The van der Waals surface area contributed by atoms with E-state index in [4.69, 9.17) is 16.3 Å². The molecule has 0 aromatic heterocycles. The maximum absolute atomic E-state index is 12.4. The van der Waals surface area contributed by atoms with Crippen LogP contribution in [0.1, 0.15) is 18.4 Å². The van der Waals surface area contributed by atoms with Crippen molar-refractivity contribution in [3.63, 3.8) is 0 Å². The van der Waals surface area contributed by atoms with Gasteiger partial charge in [0.25, 0.3) is 5.91 Å². The summed E-state index contributed by atoms with van der Waals surface area (Å²) in [7, 11) is 0. The molecule has 0 bridgehead atoms. The number of rotatable bonds is 6. The highest BCUT2D eigenvalue weighted by Gasteiger charge is 2.22. The quantitative estimate of drug-likeness (QED) is 0.675. The van der Waals surface area contributed by atoms with E-state index in [1.165, 1.54) is 5.69 Å². The SMILES string of the molecule is O=C1COCc2ccccc2N1CCCCN1CCN(c2ccc(Cl)cc2)CC1. The first-order chi connectivity index (χ1) is 14.2. The van der Waals surface area contributed by atoms with Gasteiger partial charge in [-0.25, -0.2) is 0 Å². The molecule has 5 nitrogen and oxygen atoms in total. The summed E-state index contributed by atoms with van der Waals surface area (Å²) < 4.78 is 5.51. The third-order valence-corrected chi connectivity index (χ3v) is 5.99. The summed E-state index contributed by atoms with van der Waals surface area (Å²) in [5, 5.41) is 0.782. The van der Waals surface area contributed by atoms with Crippen molar-refractivity contribution < 1.29 is 9.53 Å². The topological polar surface area (TPSA) is 36.0 Å². The highest BCUT2D eigenvalue weighted by molar-refractivity contribution is 6.30. The smallest absolute Gasteiger partial charge is 0.252 e. The van der Waals surface area contributed by atoms with Crippen LogP contribution in [-0.4, -0.2) is 56.7 Å². The van der Waals surface area contributed by atoms with Crippen LogP contribution in [0.25, 0.3) is 0 Å². The third-order valence-electron chi connectivity index (χ3n) is 5.74. The Bertz CT molecular complexity index is 819. The Kier molecular flexibility index (Phi) is 6.70. The van der Waals surface area contributed by atoms with Gasteiger partial charge in [0.05, 0.1) is 6.61 Å². The number of nitrogens with zero attached hydrogens (tertiary/aromatic N) is 3. The van der Waals surface area contributed by atoms with E-state index in [9.17, 15) is 4.79 Å². The molecule has 1 saturated heterocycles. The third kappa shape index (κ3) is 5.10. The maximum Gasteiger partial charge on any atom is 0.252 e. The minimum atomic E-state index is 0.0616. The molecule has 0 aliphatic carbocycles. The van der Waals surface area contributed by atoms with E-state index < -0.39 is 0 Å². The van der Waals surface area contributed by atoms with Gasteiger partial charge in [0.2, 0.25) is 0 Å². The second kappa shape index (κ2) is 9.61. The van der Waals surface area contributed by atoms with Crippen molar-refractivity contribution in [3.8, 4) is 0 Å². The Labute approximate surface area is 177 Å². The number of para-hydroxylation sites is 1. The fourth-order valence-electron chi connectivity index (χ4n) is 4.09. The van der Waals surface area contributed by atoms with Crippen LogP contribution in [0.2, 0.25) is 5.02 Å². The number of anilines is 2. The predicted octanol–water partition coefficient (Wildman–Crippen LogP) is 3.81. The number of unbranched alkanes of at least 4 members (excludes halogenated alkanes) is 1. The van der Waals surface area contributed by atoms with Crippen LogP contribution in [0.4, 0.5) is 11.4 Å². The maximum atomic E-state index is 12.4. The van der Waals surface area contributed by atoms with E-state index in [-0.39, 0.29) is 12.5 Å². The van der Waals surface area contributed by atoms with Crippen molar-refractivity contribution in [2.75, 3.05) is 55.7 Å². The molecule has 0 radical (unpaired) electrons. The van der Waals surface area contributed by atoms with E-state index in [1.54, 1.807) is 0 Å². The summed E-state index contributed by atoms with van der Waals surface area (Å²) in [4.78, 5) is 19.3. The molecule has 4 rings (SSSR count). The highest BCUT2D eigenvalue weighted by Crippen LogP contribution is 2.25. The lowest BCUT2D eigenvalue weighted by molar-refractivity contribution is -0.123.